The van der Waals surface area contributed by atoms with E-state index in [-0.39, 0.29) is 21.4 Å². The molecule has 12 heteroatoms. The van der Waals surface area contributed by atoms with Crippen molar-refractivity contribution in [2.45, 2.75) is 31.7 Å². The first-order valence-electron chi connectivity index (χ1n) is 9.04. The highest BCUT2D eigenvalue weighted by molar-refractivity contribution is 7.16. The summed E-state index contributed by atoms with van der Waals surface area (Å²) in [6.45, 7) is 1.53. The fraction of sp³-hybridized carbons (Fsp3) is 0.250. The molecular formula is C20H14F6N2O3S. The van der Waals surface area contributed by atoms with Crippen LogP contribution in [0, 0.1) is 0 Å². The Morgan fingerprint density at radius 1 is 1.03 bits per heavy atom. The highest BCUT2D eigenvalue weighted by atomic mass is 32.1. The molecule has 0 aliphatic carbocycles. The van der Waals surface area contributed by atoms with Gasteiger partial charge in [-0.2, -0.15) is 31.3 Å². The van der Waals surface area contributed by atoms with Gasteiger partial charge in [-0.3, -0.25) is 4.79 Å². The fourth-order valence-electron chi connectivity index (χ4n) is 3.05. The first-order valence-corrected chi connectivity index (χ1v) is 9.86. The van der Waals surface area contributed by atoms with E-state index in [1.54, 1.807) is 0 Å². The molecule has 1 heterocycles. The molecule has 0 spiro atoms. The van der Waals surface area contributed by atoms with E-state index < -0.39 is 47.0 Å². The van der Waals surface area contributed by atoms with Crippen molar-refractivity contribution in [3.63, 3.8) is 0 Å². The van der Waals surface area contributed by atoms with E-state index in [2.05, 4.69) is 4.99 Å². The number of hydrogen-bond acceptors (Lipinski definition) is 3. The third-order valence-corrected chi connectivity index (χ3v) is 5.59. The first-order chi connectivity index (χ1) is 14.8. The molecule has 1 N–H and O–H groups in total. The molecule has 0 bridgehead atoms. The van der Waals surface area contributed by atoms with E-state index in [9.17, 15) is 41.0 Å². The summed E-state index contributed by atoms with van der Waals surface area (Å²) in [4.78, 5) is 27.8. The fourth-order valence-corrected chi connectivity index (χ4v) is 4.15. The van der Waals surface area contributed by atoms with Gasteiger partial charge in [0, 0.05) is 5.56 Å². The zero-order valence-corrected chi connectivity index (χ0v) is 17.0. The number of aromatic nitrogens is 1. The lowest BCUT2D eigenvalue weighted by Crippen LogP contribution is -2.27. The van der Waals surface area contributed by atoms with Crippen LogP contribution >= 0.6 is 11.3 Å². The third kappa shape index (κ3) is 4.69. The summed E-state index contributed by atoms with van der Waals surface area (Å²) in [5.74, 6) is -2.40. The molecule has 1 amide bonds. The maximum absolute atomic E-state index is 13.1. The van der Waals surface area contributed by atoms with Gasteiger partial charge in [-0.25, -0.2) is 4.79 Å². The molecule has 1 aromatic heterocycles. The monoisotopic (exact) mass is 476 g/mol. The molecule has 1 unspecified atom stereocenters. The van der Waals surface area contributed by atoms with Gasteiger partial charge < -0.3 is 9.67 Å². The Balaban J connectivity index is 2.23. The summed E-state index contributed by atoms with van der Waals surface area (Å²) in [5, 5.41) is 9.54. The number of halogens is 6. The zero-order valence-electron chi connectivity index (χ0n) is 16.2. The number of aliphatic carboxylic acids is 1. The Morgan fingerprint density at radius 3 is 2.22 bits per heavy atom. The lowest BCUT2D eigenvalue weighted by Gasteiger charge is -2.14. The van der Waals surface area contributed by atoms with Gasteiger partial charge in [0.05, 0.1) is 21.3 Å². The van der Waals surface area contributed by atoms with Gasteiger partial charge in [-0.15, -0.1) is 0 Å². The Hall–Kier alpha value is -3.15. The number of carbonyl (C=O) groups excluding carboxylic acids is 1. The number of alkyl halides is 6. The summed E-state index contributed by atoms with van der Waals surface area (Å²) in [6, 6.07) is 4.90. The summed E-state index contributed by atoms with van der Waals surface area (Å²) in [7, 11) is 0. The van der Waals surface area contributed by atoms with Gasteiger partial charge in [0.2, 0.25) is 0 Å². The van der Waals surface area contributed by atoms with Crippen LogP contribution in [-0.4, -0.2) is 21.6 Å². The van der Waals surface area contributed by atoms with Crippen LogP contribution in [0.15, 0.2) is 47.5 Å². The zero-order chi connectivity index (χ0) is 23.8. The van der Waals surface area contributed by atoms with Crippen molar-refractivity contribution in [3.05, 3.63) is 64.0 Å². The number of rotatable bonds is 4. The van der Waals surface area contributed by atoms with E-state index in [0.717, 1.165) is 41.0 Å². The molecule has 170 valence electrons. The molecule has 0 saturated carbocycles. The van der Waals surface area contributed by atoms with Crippen LogP contribution < -0.4 is 4.80 Å². The average molecular weight is 476 g/mol. The third-order valence-electron chi connectivity index (χ3n) is 4.57. The predicted octanol–water partition coefficient (Wildman–Crippen LogP) is 5.52. The van der Waals surface area contributed by atoms with Gasteiger partial charge in [0.25, 0.3) is 5.91 Å². The topological polar surface area (TPSA) is 71.7 Å². The standard InChI is InChI=1S/C20H14F6N2O3S/c1-2-13(17(30)31)28-14-7-6-12(20(24,25)26)9-15(14)32-18(28)27-16(29)10-4-3-5-11(8-10)19(21,22)23/h3-9,13H,2H2,1H3,(H,30,31). The van der Waals surface area contributed by atoms with Crippen LogP contribution in [-0.2, 0) is 17.1 Å². The second kappa shape index (κ2) is 8.41. The van der Waals surface area contributed by atoms with Crippen molar-refractivity contribution >= 4 is 33.4 Å². The molecule has 3 aromatic rings. The number of hydrogen-bond donors (Lipinski definition) is 1. The minimum absolute atomic E-state index is 0.0210. The summed E-state index contributed by atoms with van der Waals surface area (Å²) < 4.78 is 79.2. The largest absolute Gasteiger partial charge is 0.480 e. The van der Waals surface area contributed by atoms with Crippen molar-refractivity contribution in [2.75, 3.05) is 0 Å². The molecule has 0 aliphatic heterocycles. The van der Waals surface area contributed by atoms with E-state index in [1.807, 2.05) is 0 Å². The highest BCUT2D eigenvalue weighted by Crippen LogP contribution is 2.33. The Labute approximate surface area is 180 Å². The SMILES string of the molecule is CCC(C(=O)O)n1c(=NC(=O)c2cccc(C(F)(F)F)c2)sc2cc(C(F)(F)F)ccc21. The van der Waals surface area contributed by atoms with Gasteiger partial charge in [0.15, 0.2) is 4.80 Å². The van der Waals surface area contributed by atoms with E-state index in [4.69, 9.17) is 0 Å². The van der Waals surface area contributed by atoms with Gasteiger partial charge in [-0.05, 0) is 42.8 Å². The molecule has 2 aromatic carbocycles. The molecule has 3 rings (SSSR count). The van der Waals surface area contributed by atoms with Crippen LogP contribution in [0.2, 0.25) is 0 Å². The number of carboxylic acid groups (broad SMARTS) is 1. The molecule has 0 fully saturated rings. The number of thiazole rings is 1. The smallest absolute Gasteiger partial charge is 0.416 e. The predicted molar refractivity (Wildman–Crippen MR) is 103 cm³/mol. The average Bonchev–Trinajstić information content (AvgIpc) is 3.04. The van der Waals surface area contributed by atoms with Crippen LogP contribution in [0.4, 0.5) is 26.3 Å². The maximum atomic E-state index is 13.1. The summed E-state index contributed by atoms with van der Waals surface area (Å²) >= 11 is 0.638. The van der Waals surface area contributed by atoms with Gasteiger partial charge in [0.1, 0.15) is 6.04 Å². The summed E-state index contributed by atoms with van der Waals surface area (Å²) in [5.41, 5.74) is -2.34. The maximum Gasteiger partial charge on any atom is 0.416 e. The quantitative estimate of drug-likeness (QED) is 0.505. The normalized spacial score (nSPS) is 14.0. The summed E-state index contributed by atoms with van der Waals surface area (Å²) in [6.07, 6.45) is -9.32. The van der Waals surface area contributed by atoms with Gasteiger partial charge in [-0.1, -0.05) is 24.3 Å². The van der Waals surface area contributed by atoms with Crippen LogP contribution in [0.3, 0.4) is 0 Å². The Morgan fingerprint density at radius 2 is 1.66 bits per heavy atom. The van der Waals surface area contributed by atoms with Crippen molar-refractivity contribution in [2.24, 2.45) is 4.99 Å². The number of nitrogens with zero attached hydrogens (tertiary/aromatic N) is 2. The Kier molecular flexibility index (Phi) is 6.18. The molecule has 1 atom stereocenters. The molecule has 5 nitrogen and oxygen atoms in total. The molecule has 32 heavy (non-hydrogen) atoms. The first kappa shape index (κ1) is 23.5. The number of fused-ring (bicyclic) bond motifs is 1. The van der Waals surface area contributed by atoms with E-state index >= 15 is 0 Å². The molecule has 0 aliphatic rings. The van der Waals surface area contributed by atoms with Crippen LogP contribution in [0.1, 0.15) is 40.9 Å². The van der Waals surface area contributed by atoms with Crippen molar-refractivity contribution in [3.8, 4) is 0 Å². The van der Waals surface area contributed by atoms with Crippen LogP contribution in [0.5, 0.6) is 0 Å². The van der Waals surface area contributed by atoms with E-state index in [0.29, 0.717) is 17.4 Å². The minimum atomic E-state index is -4.70. The number of amides is 1. The minimum Gasteiger partial charge on any atom is -0.480 e. The van der Waals surface area contributed by atoms with Crippen molar-refractivity contribution in [1.29, 1.82) is 0 Å². The number of benzene rings is 2. The molecule has 0 radical (unpaired) electrons. The van der Waals surface area contributed by atoms with Gasteiger partial charge >= 0.3 is 18.3 Å². The van der Waals surface area contributed by atoms with Crippen molar-refractivity contribution in [1.82, 2.24) is 4.57 Å². The number of carboxylic acids is 1. The second-order valence-electron chi connectivity index (χ2n) is 6.69. The van der Waals surface area contributed by atoms with Crippen LogP contribution in [0.25, 0.3) is 10.2 Å². The highest BCUT2D eigenvalue weighted by Gasteiger charge is 2.32. The van der Waals surface area contributed by atoms with Crippen molar-refractivity contribution < 1.29 is 41.0 Å². The Bertz CT molecular complexity index is 1260. The lowest BCUT2D eigenvalue weighted by atomic mass is 10.1. The molecule has 0 saturated heterocycles. The lowest BCUT2D eigenvalue weighted by molar-refractivity contribution is -0.141. The second-order valence-corrected chi connectivity index (χ2v) is 7.70. The number of carbonyl (C=O) groups is 2. The van der Waals surface area contributed by atoms with E-state index in [1.165, 1.54) is 6.92 Å². The molecular weight excluding hydrogens is 462 g/mol.